The number of imidazole rings is 1. The van der Waals surface area contributed by atoms with Gasteiger partial charge in [-0.3, -0.25) is 4.57 Å². The van der Waals surface area contributed by atoms with Crippen LogP contribution in [0.2, 0.25) is 0 Å². The average molecular weight is 324 g/mol. The molecular formula is C16H15F3N2O2. The van der Waals surface area contributed by atoms with Crippen molar-refractivity contribution in [3.63, 3.8) is 0 Å². The molecule has 0 aromatic carbocycles. The van der Waals surface area contributed by atoms with E-state index in [1.807, 2.05) is 0 Å². The Morgan fingerprint density at radius 1 is 1.30 bits per heavy atom. The second kappa shape index (κ2) is 6.28. The van der Waals surface area contributed by atoms with Crippen LogP contribution in [-0.2, 0) is 11.0 Å². The maximum Gasteiger partial charge on any atom is 0.450 e. The zero-order chi connectivity index (χ0) is 17.2. The topological polar surface area (TPSA) is 55.1 Å². The molecule has 122 valence electrons. The van der Waals surface area contributed by atoms with Crippen LogP contribution in [0.25, 0.3) is 17.8 Å². The number of hydrogen-bond donors (Lipinski definition) is 1. The van der Waals surface area contributed by atoms with Gasteiger partial charge >= 0.3 is 12.1 Å². The molecule has 0 saturated heterocycles. The summed E-state index contributed by atoms with van der Waals surface area (Å²) in [4.78, 5) is 14.7. The number of alkyl halides is 3. The molecule has 1 aromatic rings. The SMILES string of the molecule is C/C=c1/nc(C(F)(F)F)n(C2=CC=C(C(=O)O)C=CC2)/c1=C/C. The number of aliphatic carboxylic acids is 1. The lowest BCUT2D eigenvalue weighted by Gasteiger charge is -2.12. The zero-order valence-corrected chi connectivity index (χ0v) is 12.6. The summed E-state index contributed by atoms with van der Waals surface area (Å²) in [5.41, 5.74) is 0.316. The van der Waals surface area contributed by atoms with Crippen molar-refractivity contribution in [3.05, 3.63) is 46.4 Å². The van der Waals surface area contributed by atoms with Gasteiger partial charge in [-0.05, 0) is 26.0 Å². The fourth-order valence-electron chi connectivity index (χ4n) is 2.34. The van der Waals surface area contributed by atoms with E-state index in [0.29, 0.717) is 11.0 Å². The van der Waals surface area contributed by atoms with Gasteiger partial charge in [0, 0.05) is 12.1 Å². The van der Waals surface area contributed by atoms with Gasteiger partial charge in [-0.2, -0.15) is 13.2 Å². The Kier molecular flexibility index (Phi) is 4.58. The Morgan fingerprint density at radius 3 is 2.52 bits per heavy atom. The van der Waals surface area contributed by atoms with Gasteiger partial charge in [0.15, 0.2) is 0 Å². The third-order valence-corrected chi connectivity index (χ3v) is 3.36. The maximum atomic E-state index is 13.3. The molecule has 0 aliphatic heterocycles. The minimum absolute atomic E-state index is 0.0120. The van der Waals surface area contributed by atoms with Crippen LogP contribution in [0, 0.1) is 0 Å². The second-order valence-electron chi connectivity index (χ2n) is 4.81. The van der Waals surface area contributed by atoms with Gasteiger partial charge in [0.2, 0.25) is 5.82 Å². The maximum absolute atomic E-state index is 13.3. The number of rotatable bonds is 2. The Hall–Kier alpha value is -2.57. The predicted molar refractivity (Wildman–Crippen MR) is 80.5 cm³/mol. The van der Waals surface area contributed by atoms with E-state index in [-0.39, 0.29) is 17.3 Å². The van der Waals surface area contributed by atoms with E-state index in [2.05, 4.69) is 4.98 Å². The van der Waals surface area contributed by atoms with Crippen LogP contribution < -0.4 is 10.7 Å². The van der Waals surface area contributed by atoms with E-state index in [0.717, 1.165) is 4.57 Å². The zero-order valence-electron chi connectivity index (χ0n) is 12.6. The molecule has 0 atom stereocenters. The molecule has 23 heavy (non-hydrogen) atoms. The third-order valence-electron chi connectivity index (χ3n) is 3.36. The van der Waals surface area contributed by atoms with Crippen molar-refractivity contribution < 1.29 is 23.1 Å². The molecule has 7 heteroatoms. The third kappa shape index (κ3) is 3.28. The molecule has 2 rings (SSSR count). The van der Waals surface area contributed by atoms with Crippen molar-refractivity contribution in [2.45, 2.75) is 26.4 Å². The summed E-state index contributed by atoms with van der Waals surface area (Å²) < 4.78 is 41.0. The summed E-state index contributed by atoms with van der Waals surface area (Å²) in [6, 6.07) is 0. The summed E-state index contributed by atoms with van der Waals surface area (Å²) in [6.45, 7) is 3.25. The van der Waals surface area contributed by atoms with Crippen molar-refractivity contribution in [2.24, 2.45) is 0 Å². The molecule has 4 nitrogen and oxygen atoms in total. The van der Waals surface area contributed by atoms with Crippen LogP contribution in [-0.4, -0.2) is 20.6 Å². The van der Waals surface area contributed by atoms with E-state index >= 15 is 0 Å². The van der Waals surface area contributed by atoms with Crippen LogP contribution in [0.4, 0.5) is 13.2 Å². The van der Waals surface area contributed by atoms with Crippen LogP contribution >= 0.6 is 0 Å². The molecule has 1 aromatic heterocycles. The summed E-state index contributed by atoms with van der Waals surface area (Å²) in [5.74, 6) is -2.16. The van der Waals surface area contributed by atoms with E-state index in [9.17, 15) is 18.0 Å². The molecule has 0 saturated carbocycles. The van der Waals surface area contributed by atoms with E-state index < -0.39 is 18.0 Å². The second-order valence-corrected chi connectivity index (χ2v) is 4.81. The first kappa shape index (κ1) is 16.8. The Morgan fingerprint density at radius 2 is 2.00 bits per heavy atom. The number of aromatic nitrogens is 2. The Bertz CT molecular complexity index is 840. The van der Waals surface area contributed by atoms with E-state index in [1.165, 1.54) is 30.4 Å². The first-order valence-electron chi connectivity index (χ1n) is 6.89. The summed E-state index contributed by atoms with van der Waals surface area (Å²) in [5, 5.41) is 9.55. The molecule has 0 bridgehead atoms. The number of carboxylic acid groups (broad SMARTS) is 1. The molecular weight excluding hydrogens is 309 g/mol. The van der Waals surface area contributed by atoms with E-state index in [1.54, 1.807) is 19.9 Å². The highest BCUT2D eigenvalue weighted by molar-refractivity contribution is 5.90. The fourth-order valence-corrected chi connectivity index (χ4v) is 2.34. The van der Waals surface area contributed by atoms with Crippen molar-refractivity contribution in [2.75, 3.05) is 0 Å². The molecule has 0 amide bonds. The standard InChI is InChI=1S/C16H15F3N2O2/c1-3-12-13(4-2)21(15(20-12)16(17,18)19)11-7-5-6-10(8-9-11)14(22)23/h3-6,8-9H,7H2,1-2H3,(H,22,23)/b12-3+,13-4+. The van der Waals surface area contributed by atoms with Gasteiger partial charge in [-0.15, -0.1) is 0 Å². The van der Waals surface area contributed by atoms with Gasteiger partial charge in [0.25, 0.3) is 0 Å². The predicted octanol–water partition coefficient (Wildman–Crippen LogP) is 2.31. The first-order chi connectivity index (χ1) is 10.8. The van der Waals surface area contributed by atoms with Crippen LogP contribution in [0.15, 0.2) is 29.9 Å². The van der Waals surface area contributed by atoms with Crippen LogP contribution in [0.3, 0.4) is 0 Å². The monoisotopic (exact) mass is 324 g/mol. The molecule has 0 spiro atoms. The van der Waals surface area contributed by atoms with Crippen molar-refractivity contribution >= 4 is 23.8 Å². The van der Waals surface area contributed by atoms with Crippen LogP contribution in [0.1, 0.15) is 26.1 Å². The lowest BCUT2D eigenvalue weighted by atomic mass is 10.2. The van der Waals surface area contributed by atoms with Gasteiger partial charge in [-0.25, -0.2) is 9.78 Å². The van der Waals surface area contributed by atoms with Crippen LogP contribution in [0.5, 0.6) is 0 Å². The number of carboxylic acids is 1. The summed E-state index contributed by atoms with van der Waals surface area (Å²) in [6.07, 6.45) is 4.17. The summed E-state index contributed by atoms with van der Waals surface area (Å²) >= 11 is 0. The average Bonchev–Trinajstić information content (AvgIpc) is 2.69. The lowest BCUT2D eigenvalue weighted by Crippen LogP contribution is -2.30. The molecule has 0 radical (unpaired) electrons. The largest absolute Gasteiger partial charge is 0.478 e. The van der Waals surface area contributed by atoms with Gasteiger partial charge in [0.1, 0.15) is 0 Å². The Balaban J connectivity index is 2.76. The first-order valence-corrected chi connectivity index (χ1v) is 6.89. The van der Waals surface area contributed by atoms with Gasteiger partial charge in [-0.1, -0.05) is 24.3 Å². The molecule has 1 aliphatic rings. The van der Waals surface area contributed by atoms with Crippen molar-refractivity contribution in [3.8, 4) is 0 Å². The number of carbonyl (C=O) groups is 1. The number of nitrogens with zero attached hydrogens (tertiary/aromatic N) is 2. The highest BCUT2D eigenvalue weighted by Crippen LogP contribution is 2.29. The lowest BCUT2D eigenvalue weighted by molar-refractivity contribution is -0.146. The molecule has 1 N–H and O–H groups in total. The summed E-state index contributed by atoms with van der Waals surface area (Å²) in [7, 11) is 0. The molecule has 0 unspecified atom stereocenters. The van der Waals surface area contributed by atoms with Gasteiger partial charge < -0.3 is 5.11 Å². The smallest absolute Gasteiger partial charge is 0.450 e. The molecule has 1 heterocycles. The molecule has 0 fully saturated rings. The van der Waals surface area contributed by atoms with E-state index in [4.69, 9.17) is 5.11 Å². The van der Waals surface area contributed by atoms with Crippen molar-refractivity contribution in [1.82, 2.24) is 9.55 Å². The highest BCUT2D eigenvalue weighted by Gasteiger charge is 2.37. The number of halogens is 3. The molecule has 1 aliphatic carbocycles. The number of allylic oxidation sites excluding steroid dienone is 4. The van der Waals surface area contributed by atoms with Gasteiger partial charge in [0.05, 0.1) is 16.3 Å². The highest BCUT2D eigenvalue weighted by atomic mass is 19.4. The number of hydrogen-bond acceptors (Lipinski definition) is 2. The fraction of sp³-hybridized carbons (Fsp3) is 0.250. The Labute approximate surface area is 130 Å². The minimum atomic E-state index is -4.62. The van der Waals surface area contributed by atoms with Crippen molar-refractivity contribution in [1.29, 1.82) is 0 Å². The normalized spacial score (nSPS) is 17.1. The minimum Gasteiger partial charge on any atom is -0.478 e. The quantitative estimate of drug-likeness (QED) is 0.908.